The van der Waals surface area contributed by atoms with Crippen LogP contribution in [0.5, 0.6) is 0 Å². The highest BCUT2D eigenvalue weighted by atomic mass is 16.5. The fourth-order valence-corrected chi connectivity index (χ4v) is 2.20. The molecular formula is C17H26N4O2. The van der Waals surface area contributed by atoms with Crippen LogP contribution in [0.2, 0.25) is 0 Å². The van der Waals surface area contributed by atoms with Crippen molar-refractivity contribution in [2.45, 2.75) is 53.6 Å². The zero-order valence-corrected chi connectivity index (χ0v) is 14.6. The number of nitrogens with one attached hydrogen (secondary N) is 2. The first kappa shape index (κ1) is 17.1. The van der Waals surface area contributed by atoms with Crippen molar-refractivity contribution in [3.63, 3.8) is 0 Å². The average Bonchev–Trinajstić information content (AvgIpc) is 3.08. The van der Waals surface area contributed by atoms with Crippen molar-refractivity contribution in [1.82, 2.24) is 15.8 Å². The van der Waals surface area contributed by atoms with Crippen molar-refractivity contribution in [2.24, 2.45) is 4.99 Å². The molecule has 2 aromatic heterocycles. The van der Waals surface area contributed by atoms with Gasteiger partial charge in [-0.3, -0.25) is 0 Å². The molecule has 126 valence electrons. The number of aliphatic imine (C=N–C) groups is 1. The van der Waals surface area contributed by atoms with Crippen LogP contribution in [-0.2, 0) is 13.1 Å². The minimum Gasteiger partial charge on any atom is -0.466 e. The number of guanidine groups is 1. The Morgan fingerprint density at radius 3 is 2.61 bits per heavy atom. The molecule has 0 fully saturated rings. The van der Waals surface area contributed by atoms with Gasteiger partial charge in [0.05, 0.1) is 18.8 Å². The van der Waals surface area contributed by atoms with Crippen LogP contribution >= 0.6 is 0 Å². The maximum absolute atomic E-state index is 5.53. The molecule has 2 aromatic rings. The smallest absolute Gasteiger partial charge is 0.191 e. The molecule has 0 spiro atoms. The molecule has 0 radical (unpaired) electrons. The lowest BCUT2D eigenvalue weighted by atomic mass is 10.1. The van der Waals surface area contributed by atoms with E-state index in [4.69, 9.17) is 8.94 Å². The summed E-state index contributed by atoms with van der Waals surface area (Å²) in [6.45, 7) is 12.0. The van der Waals surface area contributed by atoms with Crippen LogP contribution in [0.1, 0.15) is 55.2 Å². The average molecular weight is 318 g/mol. The lowest BCUT2D eigenvalue weighted by Gasteiger charge is -2.09. The van der Waals surface area contributed by atoms with Gasteiger partial charge < -0.3 is 19.6 Å². The molecule has 0 bridgehead atoms. The third kappa shape index (κ3) is 4.87. The predicted molar refractivity (Wildman–Crippen MR) is 90.4 cm³/mol. The Bertz CT molecular complexity index is 655. The monoisotopic (exact) mass is 318 g/mol. The van der Waals surface area contributed by atoms with Crippen LogP contribution in [0.3, 0.4) is 0 Å². The van der Waals surface area contributed by atoms with E-state index in [9.17, 15) is 0 Å². The van der Waals surface area contributed by atoms with Gasteiger partial charge in [0.25, 0.3) is 0 Å². The second-order valence-corrected chi connectivity index (χ2v) is 5.86. The lowest BCUT2D eigenvalue weighted by Crippen LogP contribution is -2.36. The molecule has 0 atom stereocenters. The van der Waals surface area contributed by atoms with E-state index >= 15 is 0 Å². The van der Waals surface area contributed by atoms with Gasteiger partial charge in [0.2, 0.25) is 0 Å². The van der Waals surface area contributed by atoms with E-state index in [1.807, 2.05) is 32.9 Å². The summed E-state index contributed by atoms with van der Waals surface area (Å²) in [7, 11) is 0. The topological polar surface area (TPSA) is 75.6 Å². The minimum absolute atomic E-state index is 0.363. The first-order valence-corrected chi connectivity index (χ1v) is 8.03. The van der Waals surface area contributed by atoms with Crippen molar-refractivity contribution in [3.05, 3.63) is 40.7 Å². The SMILES string of the molecule is CCNC(=NCc1cc(C)oc1C)NCc1cc(C(C)C)no1. The van der Waals surface area contributed by atoms with Crippen molar-refractivity contribution >= 4 is 5.96 Å². The highest BCUT2D eigenvalue weighted by molar-refractivity contribution is 5.79. The fraction of sp³-hybridized carbons (Fsp3) is 0.529. The van der Waals surface area contributed by atoms with Crippen LogP contribution in [0.4, 0.5) is 0 Å². The molecule has 0 aliphatic rings. The molecule has 2 N–H and O–H groups in total. The van der Waals surface area contributed by atoms with E-state index in [1.54, 1.807) is 0 Å². The zero-order valence-electron chi connectivity index (χ0n) is 14.6. The number of hydrogen-bond acceptors (Lipinski definition) is 4. The van der Waals surface area contributed by atoms with Gasteiger partial charge in [-0.2, -0.15) is 0 Å². The fourth-order valence-electron chi connectivity index (χ4n) is 2.20. The summed E-state index contributed by atoms with van der Waals surface area (Å²) in [5.74, 6) is 3.73. The molecule has 2 rings (SSSR count). The van der Waals surface area contributed by atoms with Crippen LogP contribution in [0.15, 0.2) is 26.1 Å². The molecule has 6 heteroatoms. The van der Waals surface area contributed by atoms with Crippen molar-refractivity contribution in [3.8, 4) is 0 Å². The van der Waals surface area contributed by atoms with Gasteiger partial charge in [0, 0.05) is 18.2 Å². The van der Waals surface area contributed by atoms with E-state index in [2.05, 4.69) is 34.6 Å². The molecule has 0 unspecified atom stereocenters. The Morgan fingerprint density at radius 2 is 2.04 bits per heavy atom. The quantitative estimate of drug-likeness (QED) is 0.631. The van der Waals surface area contributed by atoms with Crippen LogP contribution in [-0.4, -0.2) is 17.7 Å². The van der Waals surface area contributed by atoms with Gasteiger partial charge >= 0.3 is 0 Å². The molecule has 0 saturated carbocycles. The number of furan rings is 1. The van der Waals surface area contributed by atoms with Crippen LogP contribution in [0, 0.1) is 13.8 Å². The Labute approximate surface area is 137 Å². The molecule has 6 nitrogen and oxygen atoms in total. The first-order valence-electron chi connectivity index (χ1n) is 8.03. The van der Waals surface area contributed by atoms with Gasteiger partial charge in [-0.05, 0) is 32.8 Å². The van der Waals surface area contributed by atoms with Gasteiger partial charge in [-0.25, -0.2) is 4.99 Å². The van der Waals surface area contributed by atoms with E-state index in [0.717, 1.165) is 41.0 Å². The molecule has 2 heterocycles. The molecule has 0 aliphatic carbocycles. The lowest BCUT2D eigenvalue weighted by molar-refractivity contribution is 0.372. The zero-order chi connectivity index (χ0) is 16.8. The number of nitrogens with zero attached hydrogens (tertiary/aromatic N) is 2. The third-order valence-electron chi connectivity index (χ3n) is 3.49. The summed E-state index contributed by atoms with van der Waals surface area (Å²) in [4.78, 5) is 4.59. The summed E-state index contributed by atoms with van der Waals surface area (Å²) >= 11 is 0. The van der Waals surface area contributed by atoms with Gasteiger partial charge in [0.1, 0.15) is 11.5 Å². The van der Waals surface area contributed by atoms with Crippen LogP contribution in [0.25, 0.3) is 0 Å². The molecule has 0 saturated heterocycles. The summed E-state index contributed by atoms with van der Waals surface area (Å²) in [6, 6.07) is 4.00. The highest BCUT2D eigenvalue weighted by Crippen LogP contribution is 2.15. The normalized spacial score (nSPS) is 12.0. The van der Waals surface area contributed by atoms with Gasteiger partial charge in [-0.1, -0.05) is 19.0 Å². The van der Waals surface area contributed by atoms with Crippen molar-refractivity contribution in [2.75, 3.05) is 6.54 Å². The number of aryl methyl sites for hydroxylation is 2. The van der Waals surface area contributed by atoms with Crippen molar-refractivity contribution < 1.29 is 8.94 Å². The predicted octanol–water partition coefficient (Wildman–Crippen LogP) is 3.26. The standard InChI is InChI=1S/C17H26N4O2/c1-6-18-17(19-9-14-7-12(4)22-13(14)5)20-10-15-8-16(11(2)3)21-23-15/h7-8,11H,6,9-10H2,1-5H3,(H2,18,19,20). The maximum Gasteiger partial charge on any atom is 0.191 e. The highest BCUT2D eigenvalue weighted by Gasteiger charge is 2.09. The van der Waals surface area contributed by atoms with E-state index < -0.39 is 0 Å². The van der Waals surface area contributed by atoms with E-state index in [-0.39, 0.29) is 0 Å². The van der Waals surface area contributed by atoms with Crippen LogP contribution < -0.4 is 10.6 Å². The Kier molecular flexibility index (Phi) is 5.84. The molecule has 0 amide bonds. The summed E-state index contributed by atoms with van der Waals surface area (Å²) in [5, 5.41) is 10.5. The molecule has 0 aliphatic heterocycles. The molecule has 23 heavy (non-hydrogen) atoms. The second-order valence-electron chi connectivity index (χ2n) is 5.86. The summed E-state index contributed by atoms with van der Waals surface area (Å²) < 4.78 is 10.9. The number of rotatable bonds is 6. The Hall–Kier alpha value is -2.24. The molecular weight excluding hydrogens is 292 g/mol. The number of hydrogen-bond donors (Lipinski definition) is 2. The number of aromatic nitrogens is 1. The van der Waals surface area contributed by atoms with Gasteiger partial charge in [-0.15, -0.1) is 0 Å². The molecule has 0 aromatic carbocycles. The van der Waals surface area contributed by atoms with Gasteiger partial charge in [0.15, 0.2) is 11.7 Å². The maximum atomic E-state index is 5.53. The third-order valence-corrected chi connectivity index (χ3v) is 3.49. The summed E-state index contributed by atoms with van der Waals surface area (Å²) in [6.07, 6.45) is 0. The van der Waals surface area contributed by atoms with E-state index in [0.29, 0.717) is 19.0 Å². The van der Waals surface area contributed by atoms with Crippen molar-refractivity contribution in [1.29, 1.82) is 0 Å². The largest absolute Gasteiger partial charge is 0.466 e. The summed E-state index contributed by atoms with van der Waals surface area (Å²) in [5.41, 5.74) is 2.06. The Morgan fingerprint density at radius 1 is 1.26 bits per heavy atom. The Balaban J connectivity index is 1.97. The second kappa shape index (κ2) is 7.85. The minimum atomic E-state index is 0.363. The van der Waals surface area contributed by atoms with E-state index in [1.165, 1.54) is 0 Å². The first-order chi connectivity index (χ1) is 11.0.